The van der Waals surface area contributed by atoms with Crippen LogP contribution in [0, 0.1) is 5.92 Å². The van der Waals surface area contributed by atoms with Crippen LogP contribution >= 0.6 is 0 Å². The summed E-state index contributed by atoms with van der Waals surface area (Å²) in [5.41, 5.74) is 0.515. The molecule has 0 spiro atoms. The first-order chi connectivity index (χ1) is 23.1. The van der Waals surface area contributed by atoms with E-state index in [0.29, 0.717) is 6.42 Å². The van der Waals surface area contributed by atoms with Crippen molar-refractivity contribution in [3.05, 3.63) is 157 Å². The number of rotatable bonds is 11. The molecule has 1 saturated heterocycles. The maximum atomic E-state index is 14.0. The fraction of sp³-hybridized carbons (Fsp3) is 0.286. The Kier molecular flexibility index (Phi) is 10.7. The SMILES string of the molecule is C/C=C/[C@@H](C/C=C/C(=O)N1C(=O)OC(c2ccccc2)(c2ccccc2)C1C(C)C)O[Si](c1ccccc1)(c1ccccc1)C(C)(C)C. The lowest BCUT2D eigenvalue weighted by Crippen LogP contribution is -2.67. The van der Waals surface area contributed by atoms with Crippen molar-refractivity contribution in [1.29, 1.82) is 0 Å². The molecule has 4 aromatic carbocycles. The summed E-state index contributed by atoms with van der Waals surface area (Å²) in [6, 6.07) is 39.9. The number of amides is 2. The number of imide groups is 1. The predicted molar refractivity (Wildman–Crippen MR) is 197 cm³/mol. The number of hydrogen-bond donors (Lipinski definition) is 0. The van der Waals surface area contributed by atoms with Crippen molar-refractivity contribution in [2.45, 2.75) is 70.7 Å². The Hall–Kier alpha value is -4.52. The van der Waals surface area contributed by atoms with Gasteiger partial charge in [-0.15, -0.1) is 0 Å². The van der Waals surface area contributed by atoms with Gasteiger partial charge in [-0.05, 0) is 40.8 Å². The molecule has 1 heterocycles. The van der Waals surface area contributed by atoms with Crippen LogP contribution < -0.4 is 10.4 Å². The third kappa shape index (κ3) is 6.60. The Balaban J connectivity index is 1.48. The molecule has 4 aromatic rings. The van der Waals surface area contributed by atoms with Gasteiger partial charge in [-0.3, -0.25) is 4.79 Å². The topological polar surface area (TPSA) is 55.8 Å². The minimum absolute atomic E-state index is 0.0940. The molecule has 248 valence electrons. The molecule has 0 radical (unpaired) electrons. The number of cyclic esters (lactones) is 1. The molecule has 1 unspecified atom stereocenters. The van der Waals surface area contributed by atoms with Crippen LogP contribution in [-0.2, 0) is 19.6 Å². The van der Waals surface area contributed by atoms with Gasteiger partial charge in [0, 0.05) is 11.1 Å². The van der Waals surface area contributed by atoms with Crippen LogP contribution in [0.15, 0.2) is 146 Å². The van der Waals surface area contributed by atoms with Crippen LogP contribution in [0.2, 0.25) is 5.04 Å². The van der Waals surface area contributed by atoms with Gasteiger partial charge >= 0.3 is 6.09 Å². The summed E-state index contributed by atoms with van der Waals surface area (Å²) in [7, 11) is -2.84. The van der Waals surface area contributed by atoms with E-state index in [1.165, 1.54) is 21.3 Å². The quantitative estimate of drug-likeness (QED) is 0.0924. The second kappa shape index (κ2) is 14.7. The second-order valence-corrected chi connectivity index (χ2v) is 18.0. The molecule has 0 bridgehead atoms. The van der Waals surface area contributed by atoms with Crippen LogP contribution in [0.4, 0.5) is 4.79 Å². The molecule has 2 amide bonds. The zero-order valence-electron chi connectivity index (χ0n) is 28.9. The maximum Gasteiger partial charge on any atom is 0.418 e. The van der Waals surface area contributed by atoms with Crippen molar-refractivity contribution in [2.24, 2.45) is 5.92 Å². The normalized spacial score (nSPS) is 17.3. The molecule has 0 N–H and O–H groups in total. The first-order valence-corrected chi connectivity index (χ1v) is 18.7. The van der Waals surface area contributed by atoms with Crippen molar-refractivity contribution in [1.82, 2.24) is 4.90 Å². The minimum atomic E-state index is -2.84. The fourth-order valence-electron chi connectivity index (χ4n) is 7.22. The van der Waals surface area contributed by atoms with Gasteiger partial charge in [-0.25, -0.2) is 9.69 Å². The van der Waals surface area contributed by atoms with E-state index in [-0.39, 0.29) is 17.1 Å². The zero-order chi connectivity index (χ0) is 34.4. The highest BCUT2D eigenvalue weighted by atomic mass is 28.4. The fourth-order valence-corrected chi connectivity index (χ4v) is 11.9. The van der Waals surface area contributed by atoms with E-state index in [1.807, 2.05) is 106 Å². The lowest BCUT2D eigenvalue weighted by molar-refractivity contribution is -0.125. The first kappa shape index (κ1) is 34.8. The molecular formula is C42H47NO4Si. The minimum Gasteiger partial charge on any atom is -0.430 e. The summed E-state index contributed by atoms with van der Waals surface area (Å²) in [5, 5.41) is 2.18. The van der Waals surface area contributed by atoms with Crippen LogP contribution in [0.25, 0.3) is 0 Å². The lowest BCUT2D eigenvalue weighted by atomic mass is 9.75. The predicted octanol–water partition coefficient (Wildman–Crippen LogP) is 8.40. The van der Waals surface area contributed by atoms with Gasteiger partial charge in [-0.2, -0.15) is 0 Å². The standard InChI is InChI=1S/C42H47NO4Si/c1-7-21-35(47-48(41(4,5)6,36-27-16-10-17-28-36)37-29-18-11-19-30-37)26-20-31-38(44)43-39(32(2)3)42(46-40(43)45,33-22-12-8-13-23-33)34-24-14-9-15-25-34/h7-25,27-32,35,39H,26H2,1-6H3/b21-7+,31-20+/t35-,39?/m0/s1. The number of nitrogens with zero attached hydrogens (tertiary/aromatic N) is 1. The van der Waals surface area contributed by atoms with Gasteiger partial charge < -0.3 is 9.16 Å². The number of carbonyl (C=O) groups is 2. The largest absolute Gasteiger partial charge is 0.430 e. The van der Waals surface area contributed by atoms with Gasteiger partial charge in [0.2, 0.25) is 0 Å². The summed E-state index contributed by atoms with van der Waals surface area (Å²) in [6.45, 7) is 12.8. The zero-order valence-corrected chi connectivity index (χ0v) is 29.9. The molecule has 48 heavy (non-hydrogen) atoms. The molecular weight excluding hydrogens is 611 g/mol. The van der Waals surface area contributed by atoms with Gasteiger partial charge in [-0.1, -0.05) is 174 Å². The highest BCUT2D eigenvalue weighted by Gasteiger charge is 2.59. The number of ether oxygens (including phenoxy) is 1. The number of carbonyl (C=O) groups excluding carboxylic acids is 2. The number of hydrogen-bond acceptors (Lipinski definition) is 4. The second-order valence-electron chi connectivity index (χ2n) is 13.7. The Morgan fingerprint density at radius 1 is 0.833 bits per heavy atom. The number of allylic oxidation sites excluding steroid dienone is 1. The average Bonchev–Trinajstić information content (AvgIpc) is 3.42. The van der Waals surface area contributed by atoms with E-state index in [1.54, 1.807) is 0 Å². The summed E-state index contributed by atoms with van der Waals surface area (Å²) in [4.78, 5) is 29.1. The average molecular weight is 658 g/mol. The van der Waals surface area contributed by atoms with Crippen molar-refractivity contribution in [2.75, 3.05) is 0 Å². The Bertz CT molecular complexity index is 1630. The summed E-state index contributed by atoms with van der Waals surface area (Å²) < 4.78 is 13.6. The van der Waals surface area contributed by atoms with E-state index < -0.39 is 32.0 Å². The molecule has 1 aliphatic rings. The highest BCUT2D eigenvalue weighted by Crippen LogP contribution is 2.47. The summed E-state index contributed by atoms with van der Waals surface area (Å²) in [6.07, 6.45) is 6.91. The van der Waals surface area contributed by atoms with Gasteiger partial charge in [0.15, 0.2) is 5.60 Å². The van der Waals surface area contributed by atoms with E-state index in [0.717, 1.165) is 11.1 Å². The molecule has 1 fully saturated rings. The molecule has 0 aromatic heterocycles. The lowest BCUT2D eigenvalue weighted by Gasteiger charge is -2.44. The van der Waals surface area contributed by atoms with Crippen molar-refractivity contribution in [3.8, 4) is 0 Å². The van der Waals surface area contributed by atoms with Gasteiger partial charge in [0.05, 0.1) is 12.1 Å². The molecule has 2 atom stereocenters. The van der Waals surface area contributed by atoms with Crippen molar-refractivity contribution >= 4 is 30.7 Å². The monoisotopic (exact) mass is 657 g/mol. The van der Waals surface area contributed by atoms with Crippen LogP contribution in [0.3, 0.4) is 0 Å². The molecule has 5 nitrogen and oxygen atoms in total. The molecule has 5 rings (SSSR count). The third-order valence-electron chi connectivity index (χ3n) is 9.19. The van der Waals surface area contributed by atoms with Gasteiger partial charge in [0.1, 0.15) is 0 Å². The van der Waals surface area contributed by atoms with Crippen LogP contribution in [-0.4, -0.2) is 37.4 Å². The molecule has 0 aliphatic carbocycles. The third-order valence-corrected chi connectivity index (χ3v) is 14.3. The Labute approximate surface area is 287 Å². The first-order valence-electron chi connectivity index (χ1n) is 16.8. The Morgan fingerprint density at radius 3 is 1.71 bits per heavy atom. The van der Waals surface area contributed by atoms with E-state index in [4.69, 9.17) is 9.16 Å². The maximum absolute atomic E-state index is 14.0. The van der Waals surface area contributed by atoms with E-state index >= 15 is 0 Å². The summed E-state index contributed by atoms with van der Waals surface area (Å²) in [5.74, 6) is -0.499. The van der Waals surface area contributed by atoms with E-state index in [9.17, 15) is 9.59 Å². The molecule has 0 saturated carbocycles. The Morgan fingerprint density at radius 2 is 1.29 bits per heavy atom. The summed E-state index contributed by atoms with van der Waals surface area (Å²) >= 11 is 0. The van der Waals surface area contributed by atoms with Crippen LogP contribution in [0.5, 0.6) is 0 Å². The van der Waals surface area contributed by atoms with Crippen molar-refractivity contribution in [3.63, 3.8) is 0 Å². The van der Waals surface area contributed by atoms with Crippen molar-refractivity contribution < 1.29 is 18.8 Å². The van der Waals surface area contributed by atoms with Gasteiger partial charge in [0.25, 0.3) is 14.2 Å². The highest BCUT2D eigenvalue weighted by molar-refractivity contribution is 6.99. The number of benzene rings is 4. The van der Waals surface area contributed by atoms with E-state index in [2.05, 4.69) is 75.4 Å². The smallest absolute Gasteiger partial charge is 0.418 e. The molecule has 6 heteroatoms. The van der Waals surface area contributed by atoms with Crippen LogP contribution in [0.1, 0.15) is 59.1 Å². The molecule has 1 aliphatic heterocycles.